The molecule has 9 amide bonds. The highest BCUT2D eigenvalue weighted by Crippen LogP contribution is 2.11. The van der Waals surface area contributed by atoms with E-state index in [-0.39, 0.29) is 18.3 Å². The Kier molecular flexibility index (Phi) is 23.2. The molecule has 0 heterocycles. The number of amides is 9. The van der Waals surface area contributed by atoms with E-state index in [1.54, 1.807) is 27.7 Å². The third-order valence-electron chi connectivity index (χ3n) is 8.11. The Morgan fingerprint density at radius 1 is 0.571 bits per heavy atom. The van der Waals surface area contributed by atoms with Crippen LogP contribution in [0.5, 0.6) is 0 Å². The minimum atomic E-state index is -1.58. The summed E-state index contributed by atoms with van der Waals surface area (Å²) in [4.78, 5) is 124. The number of carboxylic acid groups (broad SMARTS) is 1. The van der Waals surface area contributed by atoms with Crippen LogP contribution in [-0.2, 0) is 47.9 Å². The van der Waals surface area contributed by atoms with E-state index in [0.717, 1.165) is 0 Å². The molecule has 0 aromatic carbocycles. The molecule has 0 aromatic heterocycles. The van der Waals surface area contributed by atoms with Gasteiger partial charge in [0.25, 0.3) is 0 Å². The van der Waals surface area contributed by atoms with Crippen LogP contribution >= 0.6 is 0 Å². The van der Waals surface area contributed by atoms with Crippen molar-refractivity contribution in [2.75, 3.05) is 26.2 Å². The number of rotatable bonds is 26. The van der Waals surface area contributed by atoms with E-state index in [1.807, 2.05) is 19.2 Å². The van der Waals surface area contributed by atoms with E-state index < -0.39 is 134 Å². The van der Waals surface area contributed by atoms with Crippen molar-refractivity contribution < 1.29 is 58.2 Å². The first kappa shape index (κ1) is 50.6. The molecule has 0 aliphatic rings. The largest absolute Gasteiger partial charge is 0.480 e. The lowest BCUT2D eigenvalue weighted by molar-refractivity contribution is -0.143. The van der Waals surface area contributed by atoms with Crippen LogP contribution in [-0.4, -0.2) is 132 Å². The summed E-state index contributed by atoms with van der Waals surface area (Å²) in [6.07, 6.45) is 0.300. The Morgan fingerprint density at radius 3 is 1.55 bits per heavy atom. The van der Waals surface area contributed by atoms with Crippen LogP contribution in [0, 0.1) is 17.8 Å². The zero-order valence-corrected chi connectivity index (χ0v) is 33.0. The Labute approximate surface area is 325 Å². The van der Waals surface area contributed by atoms with Gasteiger partial charge in [-0.05, 0) is 37.5 Å². The van der Waals surface area contributed by atoms with Gasteiger partial charge in [0.05, 0.1) is 38.7 Å². The summed E-state index contributed by atoms with van der Waals surface area (Å²) in [5.74, 6) is -9.22. The smallest absolute Gasteiger partial charge is 0.328 e. The fourth-order valence-corrected chi connectivity index (χ4v) is 4.86. The third kappa shape index (κ3) is 20.3. The van der Waals surface area contributed by atoms with Gasteiger partial charge in [-0.2, -0.15) is 0 Å². The highest BCUT2D eigenvalue weighted by molar-refractivity contribution is 5.97. The van der Waals surface area contributed by atoms with Crippen LogP contribution in [0.15, 0.2) is 0 Å². The molecule has 0 rings (SSSR count). The van der Waals surface area contributed by atoms with Gasteiger partial charge in [0, 0.05) is 0 Å². The zero-order chi connectivity index (χ0) is 43.3. The molecule has 318 valence electrons. The molecule has 0 spiro atoms. The number of carbonyl (C=O) groups is 10. The lowest BCUT2D eigenvalue weighted by atomic mass is 9.96. The van der Waals surface area contributed by atoms with Crippen LogP contribution in [0.1, 0.15) is 74.1 Å². The lowest BCUT2D eigenvalue weighted by Gasteiger charge is -2.27. The maximum Gasteiger partial charge on any atom is 0.328 e. The third-order valence-corrected chi connectivity index (χ3v) is 8.11. The van der Waals surface area contributed by atoms with Gasteiger partial charge in [0.1, 0.15) is 30.2 Å². The molecule has 0 radical (unpaired) electrons. The van der Waals surface area contributed by atoms with Gasteiger partial charge in [0.15, 0.2) is 0 Å². The van der Waals surface area contributed by atoms with Gasteiger partial charge in [-0.15, -0.1) is 0 Å². The normalized spacial score (nSPS) is 14.7. The van der Waals surface area contributed by atoms with Gasteiger partial charge in [-0.1, -0.05) is 48.0 Å². The average Bonchev–Trinajstić information content (AvgIpc) is 3.10. The Morgan fingerprint density at radius 2 is 1.05 bits per heavy atom. The molecule has 0 saturated carbocycles. The van der Waals surface area contributed by atoms with E-state index in [9.17, 15) is 47.9 Å². The second-order valence-electron chi connectivity index (χ2n) is 14.2. The van der Waals surface area contributed by atoms with Crippen LogP contribution in [0.3, 0.4) is 0 Å². The molecular formula is C34H60N10O12. The van der Waals surface area contributed by atoms with Crippen molar-refractivity contribution >= 4 is 59.1 Å². The molecule has 0 bridgehead atoms. The number of aliphatic hydroxyl groups excluding tert-OH is 1. The average molecular weight is 801 g/mol. The summed E-state index contributed by atoms with van der Waals surface area (Å²) in [7, 11) is 0. The van der Waals surface area contributed by atoms with Crippen molar-refractivity contribution in [3.8, 4) is 0 Å². The SMILES string of the molecule is CC[C@H](C)[C@H](NC(=O)CNC(=O)CNC(=O)[C@H](CC(N)=O)NC(=O)[C@@H](N)CC(C)C)C(=O)N[C@@H](CC(C)C)C(=O)NCC(=O)N[C@@H](C)C(=O)N[C@@H](CO)C(=O)O. The number of nitrogens with two attached hydrogens (primary N) is 2. The standard InChI is InChI=1S/C34H60N10O12/c1-8-18(6)28(44-27(49)13-37-25(47)12-38-32(53)22(11-24(36)46)41-30(51)20(35)9-16(2)3)33(54)42-21(10-17(4)5)31(52)39-14-26(48)40-19(7)29(50)43-23(15-45)34(55)56/h16-23,28,45H,8-15,35H2,1-7H3,(H2,36,46)(H,37,47)(H,38,53)(H,39,52)(H,40,48)(H,41,51)(H,42,54)(H,43,50)(H,44,49)(H,55,56)/t18-,19-,20-,21-,22-,23-,28-/m0/s1. The first-order valence-corrected chi connectivity index (χ1v) is 18.2. The number of carboxylic acids is 1. The number of hydrogen-bond acceptors (Lipinski definition) is 12. The molecule has 0 aromatic rings. The van der Waals surface area contributed by atoms with E-state index in [0.29, 0.717) is 12.8 Å². The molecule has 0 fully saturated rings. The number of hydrogen-bond donors (Lipinski definition) is 12. The number of primary amides is 1. The molecule has 0 aliphatic carbocycles. The van der Waals surface area contributed by atoms with Gasteiger partial charge >= 0.3 is 5.97 Å². The number of aliphatic carboxylic acids is 1. The maximum absolute atomic E-state index is 13.4. The number of aliphatic hydroxyl groups is 1. The Balaban J connectivity index is 5.34. The Hall–Kier alpha value is -5.38. The lowest BCUT2D eigenvalue weighted by Crippen LogP contribution is -2.58. The van der Waals surface area contributed by atoms with Crippen molar-refractivity contribution in [3.63, 3.8) is 0 Å². The fraction of sp³-hybridized carbons (Fsp3) is 0.706. The molecule has 22 nitrogen and oxygen atoms in total. The first-order chi connectivity index (χ1) is 26.0. The number of carbonyl (C=O) groups excluding carboxylic acids is 9. The summed E-state index contributed by atoms with van der Waals surface area (Å²) >= 11 is 0. The van der Waals surface area contributed by atoms with Gasteiger partial charge < -0.3 is 64.2 Å². The van der Waals surface area contributed by atoms with E-state index in [4.69, 9.17) is 21.7 Å². The predicted octanol–water partition coefficient (Wildman–Crippen LogP) is -4.80. The topological polar surface area (TPSA) is 359 Å². The summed E-state index contributed by atoms with van der Waals surface area (Å²) < 4.78 is 0. The summed E-state index contributed by atoms with van der Waals surface area (Å²) in [5, 5.41) is 36.8. The van der Waals surface area contributed by atoms with E-state index >= 15 is 0 Å². The van der Waals surface area contributed by atoms with Crippen LogP contribution in [0.2, 0.25) is 0 Å². The van der Waals surface area contributed by atoms with E-state index in [2.05, 4.69) is 37.2 Å². The maximum atomic E-state index is 13.4. The Bertz CT molecular complexity index is 1410. The monoisotopic (exact) mass is 800 g/mol. The van der Waals surface area contributed by atoms with Crippen LogP contribution in [0.4, 0.5) is 0 Å². The van der Waals surface area contributed by atoms with Crippen molar-refractivity contribution in [1.82, 2.24) is 42.5 Å². The minimum Gasteiger partial charge on any atom is -0.480 e. The highest BCUT2D eigenvalue weighted by Gasteiger charge is 2.31. The van der Waals surface area contributed by atoms with E-state index in [1.165, 1.54) is 6.92 Å². The molecule has 56 heavy (non-hydrogen) atoms. The predicted molar refractivity (Wildman–Crippen MR) is 199 cm³/mol. The molecule has 0 saturated heterocycles. The molecular weight excluding hydrogens is 740 g/mol. The molecule has 22 heteroatoms. The van der Waals surface area contributed by atoms with Crippen molar-refractivity contribution in [3.05, 3.63) is 0 Å². The molecule has 0 unspecified atom stereocenters. The van der Waals surface area contributed by atoms with Crippen LogP contribution in [0.25, 0.3) is 0 Å². The molecule has 7 atom stereocenters. The van der Waals surface area contributed by atoms with Crippen LogP contribution < -0.4 is 54.0 Å². The van der Waals surface area contributed by atoms with Crippen molar-refractivity contribution in [1.29, 1.82) is 0 Å². The zero-order valence-electron chi connectivity index (χ0n) is 33.0. The minimum absolute atomic E-state index is 0.0770. The molecule has 14 N–H and O–H groups in total. The van der Waals surface area contributed by atoms with Gasteiger partial charge in [-0.25, -0.2) is 4.79 Å². The quantitative estimate of drug-likeness (QED) is 0.0391. The first-order valence-electron chi connectivity index (χ1n) is 18.2. The van der Waals surface area contributed by atoms with Gasteiger partial charge in [-0.3, -0.25) is 43.2 Å². The summed E-state index contributed by atoms with van der Waals surface area (Å²) in [5.41, 5.74) is 11.0. The van der Waals surface area contributed by atoms with Gasteiger partial charge in [0.2, 0.25) is 53.2 Å². The summed E-state index contributed by atoms with van der Waals surface area (Å²) in [6.45, 7) is 9.22. The van der Waals surface area contributed by atoms with Crippen molar-refractivity contribution in [2.45, 2.75) is 110 Å². The summed E-state index contributed by atoms with van der Waals surface area (Å²) in [6, 6.07) is -7.48. The van der Waals surface area contributed by atoms with Crippen molar-refractivity contribution in [2.24, 2.45) is 29.2 Å². The highest BCUT2D eigenvalue weighted by atomic mass is 16.4. The molecule has 0 aliphatic heterocycles. The fourth-order valence-electron chi connectivity index (χ4n) is 4.86. The second-order valence-corrected chi connectivity index (χ2v) is 14.2. The number of nitrogens with one attached hydrogen (secondary N) is 8. The second kappa shape index (κ2) is 25.7.